The number of hydrogen-bond donors (Lipinski definition) is 3. The Hall–Kier alpha value is -1.10. The van der Waals surface area contributed by atoms with Crippen molar-refractivity contribution >= 4 is 11.9 Å². The summed E-state index contributed by atoms with van der Waals surface area (Å²) in [5, 5.41) is 12.8. The van der Waals surface area contributed by atoms with E-state index in [0.717, 1.165) is 0 Å². The average molecular weight is 162 g/mol. The molecule has 0 unspecified atom stereocenters. The van der Waals surface area contributed by atoms with Gasteiger partial charge >= 0.3 is 11.9 Å². The fourth-order valence-electron chi connectivity index (χ4n) is 0.236. The van der Waals surface area contributed by atoms with E-state index in [1.54, 1.807) is 6.92 Å². The van der Waals surface area contributed by atoms with Crippen molar-refractivity contribution in [3.05, 3.63) is 0 Å². The molecule has 1 amide bonds. The molecule has 0 aliphatic carbocycles. The SMILES string of the molecule is CCNC(=O)C(=O)O.CNC. The van der Waals surface area contributed by atoms with Crippen LogP contribution in [0.2, 0.25) is 0 Å². The van der Waals surface area contributed by atoms with Gasteiger partial charge in [-0.3, -0.25) is 4.79 Å². The topological polar surface area (TPSA) is 78.4 Å². The first-order valence-electron chi connectivity index (χ1n) is 3.19. The third-order valence-electron chi connectivity index (χ3n) is 0.532. The number of carboxylic acids is 1. The van der Waals surface area contributed by atoms with Gasteiger partial charge in [0.05, 0.1) is 0 Å². The minimum atomic E-state index is -1.44. The molecule has 0 aliphatic rings. The molecule has 0 fully saturated rings. The number of hydrogen-bond acceptors (Lipinski definition) is 3. The highest BCUT2D eigenvalue weighted by atomic mass is 16.4. The summed E-state index contributed by atoms with van der Waals surface area (Å²) in [6.07, 6.45) is 0. The smallest absolute Gasteiger partial charge is 0.394 e. The van der Waals surface area contributed by atoms with Crippen LogP contribution in [0, 0.1) is 0 Å². The number of rotatable bonds is 1. The summed E-state index contributed by atoms with van der Waals surface area (Å²) in [7, 11) is 3.75. The Morgan fingerprint density at radius 2 is 1.73 bits per heavy atom. The van der Waals surface area contributed by atoms with Crippen LogP contribution in [0.3, 0.4) is 0 Å². The van der Waals surface area contributed by atoms with Gasteiger partial charge in [-0.15, -0.1) is 0 Å². The van der Waals surface area contributed by atoms with Crippen molar-refractivity contribution in [2.45, 2.75) is 6.92 Å². The Morgan fingerprint density at radius 1 is 1.36 bits per heavy atom. The van der Waals surface area contributed by atoms with Crippen LogP contribution in [-0.2, 0) is 9.59 Å². The first kappa shape index (κ1) is 12.6. The molecule has 0 radical (unpaired) electrons. The lowest BCUT2D eigenvalue weighted by atomic mass is 10.6. The molecule has 0 saturated heterocycles. The van der Waals surface area contributed by atoms with E-state index >= 15 is 0 Å². The molecule has 0 spiro atoms. The molecule has 5 heteroatoms. The monoisotopic (exact) mass is 162 g/mol. The molecular formula is C6H14N2O3. The molecule has 11 heavy (non-hydrogen) atoms. The summed E-state index contributed by atoms with van der Waals surface area (Å²) in [5.74, 6) is -2.39. The third kappa shape index (κ3) is 12.2. The van der Waals surface area contributed by atoms with E-state index in [-0.39, 0.29) is 0 Å². The highest BCUT2D eigenvalue weighted by molar-refractivity contribution is 6.31. The van der Waals surface area contributed by atoms with Gasteiger partial charge in [0.2, 0.25) is 0 Å². The van der Waals surface area contributed by atoms with Gasteiger partial charge in [-0.25, -0.2) is 4.79 Å². The van der Waals surface area contributed by atoms with Crippen LogP contribution in [0.15, 0.2) is 0 Å². The first-order valence-corrected chi connectivity index (χ1v) is 3.19. The van der Waals surface area contributed by atoms with Crippen molar-refractivity contribution in [1.29, 1.82) is 0 Å². The van der Waals surface area contributed by atoms with E-state index in [0.29, 0.717) is 6.54 Å². The maximum Gasteiger partial charge on any atom is 0.394 e. The van der Waals surface area contributed by atoms with Gasteiger partial charge in [-0.1, -0.05) is 0 Å². The van der Waals surface area contributed by atoms with Gasteiger partial charge in [-0.2, -0.15) is 0 Å². The lowest BCUT2D eigenvalue weighted by Crippen LogP contribution is -2.30. The molecule has 0 aromatic carbocycles. The number of amides is 1. The normalized spacial score (nSPS) is 7.55. The van der Waals surface area contributed by atoms with Crippen molar-refractivity contribution in [2.75, 3.05) is 20.6 Å². The molecule has 0 aromatic rings. The van der Waals surface area contributed by atoms with Gasteiger partial charge in [0, 0.05) is 6.54 Å². The van der Waals surface area contributed by atoms with Crippen molar-refractivity contribution in [2.24, 2.45) is 0 Å². The summed E-state index contributed by atoms with van der Waals surface area (Å²) in [4.78, 5) is 19.7. The molecule has 0 heterocycles. The number of aliphatic carboxylic acids is 1. The van der Waals surface area contributed by atoms with Crippen molar-refractivity contribution in [3.63, 3.8) is 0 Å². The summed E-state index contributed by atoms with van der Waals surface area (Å²) in [6, 6.07) is 0. The molecule has 3 N–H and O–H groups in total. The number of carboxylic acid groups (broad SMARTS) is 1. The van der Waals surface area contributed by atoms with Crippen LogP contribution in [-0.4, -0.2) is 37.6 Å². The minimum Gasteiger partial charge on any atom is -0.474 e. The molecule has 0 aliphatic heterocycles. The predicted molar refractivity (Wildman–Crippen MR) is 41.3 cm³/mol. The predicted octanol–water partition coefficient (Wildman–Crippen LogP) is -0.957. The quantitative estimate of drug-likeness (QED) is 0.434. The van der Waals surface area contributed by atoms with E-state index in [1.165, 1.54) is 0 Å². The van der Waals surface area contributed by atoms with Crippen molar-refractivity contribution in [3.8, 4) is 0 Å². The van der Waals surface area contributed by atoms with Crippen molar-refractivity contribution < 1.29 is 14.7 Å². The van der Waals surface area contributed by atoms with Crippen molar-refractivity contribution in [1.82, 2.24) is 10.6 Å². The van der Waals surface area contributed by atoms with Gasteiger partial charge < -0.3 is 15.7 Å². The summed E-state index contributed by atoms with van der Waals surface area (Å²) >= 11 is 0. The molecular weight excluding hydrogens is 148 g/mol. The van der Waals surface area contributed by atoms with E-state index in [2.05, 4.69) is 10.6 Å². The molecule has 0 aromatic heterocycles. The molecule has 0 rings (SSSR count). The molecule has 0 atom stereocenters. The van der Waals surface area contributed by atoms with Crippen LogP contribution in [0.25, 0.3) is 0 Å². The van der Waals surface area contributed by atoms with Crippen LogP contribution in [0.4, 0.5) is 0 Å². The lowest BCUT2D eigenvalue weighted by Gasteiger charge is -1.91. The van der Waals surface area contributed by atoms with Crippen LogP contribution in [0.1, 0.15) is 6.92 Å². The lowest BCUT2D eigenvalue weighted by molar-refractivity contribution is -0.150. The van der Waals surface area contributed by atoms with Gasteiger partial charge in [-0.05, 0) is 21.0 Å². The Balaban J connectivity index is 0. The van der Waals surface area contributed by atoms with Crippen LogP contribution >= 0.6 is 0 Å². The first-order chi connectivity index (χ1) is 5.09. The highest BCUT2D eigenvalue weighted by Crippen LogP contribution is 1.62. The Kier molecular flexibility index (Phi) is 10.2. The second kappa shape index (κ2) is 8.90. The van der Waals surface area contributed by atoms with Crippen LogP contribution in [0.5, 0.6) is 0 Å². The molecule has 66 valence electrons. The summed E-state index contributed by atoms with van der Waals surface area (Å²) in [5.41, 5.74) is 0. The fourth-order valence-corrected chi connectivity index (χ4v) is 0.236. The Labute approximate surface area is 65.8 Å². The molecule has 5 nitrogen and oxygen atoms in total. The zero-order valence-corrected chi connectivity index (χ0v) is 6.97. The minimum absolute atomic E-state index is 0.352. The summed E-state index contributed by atoms with van der Waals surface area (Å²) in [6.45, 7) is 2.01. The Morgan fingerprint density at radius 3 is 1.82 bits per heavy atom. The second-order valence-electron chi connectivity index (χ2n) is 1.66. The second-order valence-corrected chi connectivity index (χ2v) is 1.66. The van der Waals surface area contributed by atoms with E-state index in [4.69, 9.17) is 5.11 Å². The zero-order chi connectivity index (χ0) is 9.28. The fraction of sp³-hybridized carbons (Fsp3) is 0.667. The number of likely N-dealkylation sites (N-methyl/N-ethyl adjacent to an activating group) is 1. The van der Waals surface area contributed by atoms with E-state index in [9.17, 15) is 9.59 Å². The summed E-state index contributed by atoms with van der Waals surface area (Å²) < 4.78 is 0. The van der Waals surface area contributed by atoms with E-state index in [1.807, 2.05) is 14.1 Å². The van der Waals surface area contributed by atoms with E-state index < -0.39 is 11.9 Å². The number of nitrogens with one attached hydrogen (secondary N) is 2. The van der Waals surface area contributed by atoms with Crippen LogP contribution < -0.4 is 10.6 Å². The number of carbonyl (C=O) groups is 2. The number of carbonyl (C=O) groups excluding carboxylic acids is 1. The Bertz CT molecular complexity index is 125. The molecule has 0 bridgehead atoms. The van der Waals surface area contributed by atoms with Gasteiger partial charge in [0.25, 0.3) is 0 Å². The van der Waals surface area contributed by atoms with Gasteiger partial charge in [0.15, 0.2) is 0 Å². The average Bonchev–Trinajstić information content (AvgIpc) is 1.90. The zero-order valence-electron chi connectivity index (χ0n) is 6.97. The molecule has 0 saturated carbocycles. The highest BCUT2D eigenvalue weighted by Gasteiger charge is 2.06. The van der Waals surface area contributed by atoms with Gasteiger partial charge in [0.1, 0.15) is 0 Å². The largest absolute Gasteiger partial charge is 0.474 e. The third-order valence-corrected chi connectivity index (χ3v) is 0.532. The maximum absolute atomic E-state index is 10.0. The maximum atomic E-state index is 10.0. The standard InChI is InChI=1S/C4H7NO3.C2H7N/c1-2-5-3(6)4(7)8;1-3-2/h2H2,1H3,(H,5,6)(H,7,8);3H,1-2H3.